The highest BCUT2D eigenvalue weighted by molar-refractivity contribution is 6.34. The van der Waals surface area contributed by atoms with E-state index >= 15 is 0 Å². The number of nitrogens with one attached hydrogen (secondary N) is 1. The Balaban J connectivity index is 1.79. The molecule has 1 atom stereocenters. The van der Waals surface area contributed by atoms with Gasteiger partial charge in [-0.05, 0) is 66.5 Å². The third kappa shape index (κ3) is 4.40. The van der Waals surface area contributed by atoms with E-state index in [4.69, 9.17) is 16.3 Å². The number of H-pyrrole nitrogens is 1. The van der Waals surface area contributed by atoms with Crippen molar-refractivity contribution in [1.82, 2.24) is 9.97 Å². The quantitative estimate of drug-likeness (QED) is 0.484. The van der Waals surface area contributed by atoms with Gasteiger partial charge in [-0.1, -0.05) is 31.5 Å². The number of ether oxygens (including phenoxy) is 1. The number of carboxylic acids is 1. The maximum atomic E-state index is 11.9. The van der Waals surface area contributed by atoms with Crippen molar-refractivity contribution in [3.8, 4) is 16.9 Å². The van der Waals surface area contributed by atoms with Crippen molar-refractivity contribution in [3.05, 3.63) is 47.2 Å². The first-order valence-electron chi connectivity index (χ1n) is 10.0. The van der Waals surface area contributed by atoms with Gasteiger partial charge in [0.25, 0.3) is 0 Å². The smallest absolute Gasteiger partial charge is 0.310 e. The molecule has 0 bridgehead atoms. The van der Waals surface area contributed by atoms with Crippen LogP contribution in [0.3, 0.4) is 0 Å². The zero-order valence-corrected chi connectivity index (χ0v) is 17.4. The van der Waals surface area contributed by atoms with Gasteiger partial charge in [0.05, 0.1) is 34.9 Å². The summed E-state index contributed by atoms with van der Waals surface area (Å²) in [4.78, 5) is 19.3. The summed E-state index contributed by atoms with van der Waals surface area (Å²) in [7, 11) is 0. The third-order valence-electron chi connectivity index (χ3n) is 5.36. The monoisotopic (exact) mass is 412 g/mol. The van der Waals surface area contributed by atoms with Gasteiger partial charge in [-0.3, -0.25) is 4.79 Å². The first-order valence-corrected chi connectivity index (χ1v) is 10.4. The van der Waals surface area contributed by atoms with Crippen LogP contribution >= 0.6 is 11.6 Å². The summed E-state index contributed by atoms with van der Waals surface area (Å²) >= 11 is 6.71. The number of carboxylic acid groups (broad SMARTS) is 1. The van der Waals surface area contributed by atoms with E-state index in [0.717, 1.165) is 22.2 Å². The zero-order chi connectivity index (χ0) is 20.5. The van der Waals surface area contributed by atoms with Crippen LogP contribution in [0.1, 0.15) is 44.6 Å². The molecule has 0 aliphatic heterocycles. The van der Waals surface area contributed by atoms with E-state index in [9.17, 15) is 9.90 Å². The van der Waals surface area contributed by atoms with E-state index in [1.54, 1.807) is 12.4 Å². The number of aliphatic carboxylic acids is 1. The van der Waals surface area contributed by atoms with Crippen LogP contribution in [-0.4, -0.2) is 27.7 Å². The molecule has 5 nitrogen and oxygen atoms in total. The predicted molar refractivity (Wildman–Crippen MR) is 115 cm³/mol. The van der Waals surface area contributed by atoms with Crippen LogP contribution in [0, 0.1) is 11.8 Å². The van der Waals surface area contributed by atoms with Crippen LogP contribution in [0.5, 0.6) is 5.75 Å². The Morgan fingerprint density at radius 2 is 2.10 bits per heavy atom. The topological polar surface area (TPSA) is 75.2 Å². The van der Waals surface area contributed by atoms with E-state index in [0.29, 0.717) is 35.3 Å². The minimum Gasteiger partial charge on any atom is -0.493 e. The average Bonchev–Trinajstić information content (AvgIpc) is 3.38. The molecule has 1 unspecified atom stereocenters. The lowest BCUT2D eigenvalue weighted by atomic mass is 9.89. The number of aromatic amines is 1. The zero-order valence-electron chi connectivity index (χ0n) is 16.6. The van der Waals surface area contributed by atoms with Crippen molar-refractivity contribution in [3.63, 3.8) is 0 Å². The molecule has 1 aliphatic rings. The number of carbonyl (C=O) groups is 1. The summed E-state index contributed by atoms with van der Waals surface area (Å²) in [6, 6.07) is 9.54. The first kappa shape index (κ1) is 19.8. The van der Waals surface area contributed by atoms with Crippen molar-refractivity contribution in [2.75, 3.05) is 6.61 Å². The van der Waals surface area contributed by atoms with Crippen molar-refractivity contribution in [2.24, 2.45) is 11.8 Å². The molecule has 6 heteroatoms. The van der Waals surface area contributed by atoms with E-state index in [1.807, 2.05) is 38.1 Å². The second kappa shape index (κ2) is 8.07. The van der Waals surface area contributed by atoms with Crippen LogP contribution in [0.25, 0.3) is 22.2 Å². The van der Waals surface area contributed by atoms with Crippen LogP contribution in [0.15, 0.2) is 36.7 Å². The minimum atomic E-state index is -0.838. The third-order valence-corrected chi connectivity index (χ3v) is 5.66. The van der Waals surface area contributed by atoms with Crippen molar-refractivity contribution in [2.45, 2.75) is 39.0 Å². The van der Waals surface area contributed by atoms with Gasteiger partial charge in [-0.15, -0.1) is 0 Å². The molecule has 0 radical (unpaired) electrons. The Morgan fingerprint density at radius 3 is 2.79 bits per heavy atom. The largest absolute Gasteiger partial charge is 0.493 e. The number of halogens is 1. The summed E-state index contributed by atoms with van der Waals surface area (Å²) in [6.07, 6.45) is 4.56. The van der Waals surface area contributed by atoms with Gasteiger partial charge in [-0.2, -0.15) is 0 Å². The first-order chi connectivity index (χ1) is 13.9. The highest BCUT2D eigenvalue weighted by Crippen LogP contribution is 2.42. The lowest BCUT2D eigenvalue weighted by Crippen LogP contribution is -2.14. The van der Waals surface area contributed by atoms with Crippen LogP contribution in [-0.2, 0) is 4.79 Å². The van der Waals surface area contributed by atoms with Gasteiger partial charge in [-0.25, -0.2) is 4.98 Å². The molecule has 0 saturated heterocycles. The SMILES string of the molecule is CC(C)CC(C(=O)O)c1cc(Cl)c(-c2ccc3nc[nH]c3c2)c(OCC2CC2)c1. The van der Waals surface area contributed by atoms with E-state index < -0.39 is 11.9 Å². The number of imidazole rings is 1. The second-order valence-electron chi connectivity index (χ2n) is 8.29. The Labute approximate surface area is 175 Å². The maximum Gasteiger partial charge on any atom is 0.310 e. The second-order valence-corrected chi connectivity index (χ2v) is 8.69. The summed E-state index contributed by atoms with van der Waals surface area (Å²) in [5.74, 6) is 0.0298. The normalized spacial score (nSPS) is 15.0. The number of benzene rings is 2. The molecule has 0 spiro atoms. The molecule has 1 aromatic heterocycles. The molecule has 2 N–H and O–H groups in total. The number of nitrogens with zero attached hydrogens (tertiary/aromatic N) is 1. The fourth-order valence-corrected chi connectivity index (χ4v) is 3.96. The van der Waals surface area contributed by atoms with E-state index in [2.05, 4.69) is 9.97 Å². The van der Waals surface area contributed by atoms with Gasteiger partial charge < -0.3 is 14.8 Å². The number of rotatable bonds is 8. The molecule has 1 fully saturated rings. The molecular formula is C23H25ClN2O3. The average molecular weight is 413 g/mol. The van der Waals surface area contributed by atoms with Gasteiger partial charge in [0.15, 0.2) is 0 Å². The minimum absolute atomic E-state index is 0.258. The molecule has 4 rings (SSSR count). The number of hydrogen-bond donors (Lipinski definition) is 2. The standard InChI is InChI=1S/C23H25ClN2O3/c1-13(2)7-17(23(27)28)16-8-18(24)22(21(10-16)29-11-14-3-4-14)15-5-6-19-20(9-15)26-12-25-19/h5-6,8-10,12-14,17H,3-4,7,11H2,1-2H3,(H,25,26)(H,27,28). The van der Waals surface area contributed by atoms with Crippen molar-refractivity contribution >= 4 is 28.6 Å². The number of fused-ring (bicyclic) bond motifs is 1. The Bertz CT molecular complexity index is 1040. The number of aromatic nitrogens is 2. The highest BCUT2D eigenvalue weighted by atomic mass is 35.5. The van der Waals surface area contributed by atoms with Gasteiger partial charge in [0.1, 0.15) is 5.75 Å². The summed E-state index contributed by atoms with van der Waals surface area (Å²) < 4.78 is 6.16. The van der Waals surface area contributed by atoms with Crippen LogP contribution in [0.4, 0.5) is 0 Å². The molecule has 1 aliphatic carbocycles. The number of hydrogen-bond acceptors (Lipinski definition) is 3. The lowest BCUT2D eigenvalue weighted by Gasteiger charge is -2.20. The fraction of sp³-hybridized carbons (Fsp3) is 0.391. The summed E-state index contributed by atoms with van der Waals surface area (Å²) in [5.41, 5.74) is 4.19. The van der Waals surface area contributed by atoms with Crippen molar-refractivity contribution in [1.29, 1.82) is 0 Å². The maximum absolute atomic E-state index is 11.9. The molecule has 0 amide bonds. The van der Waals surface area contributed by atoms with E-state index in [-0.39, 0.29) is 5.92 Å². The van der Waals surface area contributed by atoms with Gasteiger partial charge in [0, 0.05) is 5.56 Å². The molecule has 2 aromatic carbocycles. The fourth-order valence-electron chi connectivity index (χ4n) is 3.63. The Morgan fingerprint density at radius 1 is 1.31 bits per heavy atom. The summed E-state index contributed by atoms with van der Waals surface area (Å²) in [5, 5.41) is 10.3. The lowest BCUT2D eigenvalue weighted by molar-refractivity contribution is -0.139. The molecule has 3 aromatic rings. The summed E-state index contributed by atoms with van der Waals surface area (Å²) in [6.45, 7) is 4.67. The highest BCUT2D eigenvalue weighted by Gasteiger charge is 2.26. The van der Waals surface area contributed by atoms with Crippen LogP contribution in [0.2, 0.25) is 5.02 Å². The van der Waals surface area contributed by atoms with E-state index in [1.165, 1.54) is 12.8 Å². The molecule has 1 heterocycles. The Kier molecular flexibility index (Phi) is 5.50. The predicted octanol–water partition coefficient (Wildman–Crippen LogP) is 5.89. The molecule has 1 saturated carbocycles. The van der Waals surface area contributed by atoms with Gasteiger partial charge >= 0.3 is 5.97 Å². The molecule has 152 valence electrons. The molecule has 29 heavy (non-hydrogen) atoms. The van der Waals surface area contributed by atoms with Crippen LogP contribution < -0.4 is 4.74 Å². The van der Waals surface area contributed by atoms with Crippen molar-refractivity contribution < 1.29 is 14.6 Å². The van der Waals surface area contributed by atoms with Gasteiger partial charge in [0.2, 0.25) is 0 Å². The molecular weight excluding hydrogens is 388 g/mol. The Hall–Kier alpha value is -2.53.